The van der Waals surface area contributed by atoms with Gasteiger partial charge in [0.2, 0.25) is 0 Å². The van der Waals surface area contributed by atoms with Gasteiger partial charge in [0.25, 0.3) is 0 Å². The van der Waals surface area contributed by atoms with Crippen molar-refractivity contribution in [3.63, 3.8) is 0 Å². The van der Waals surface area contributed by atoms with Crippen molar-refractivity contribution in [2.24, 2.45) is 68.5 Å². The molecule has 0 aromatic rings. The first-order valence-electron chi connectivity index (χ1n) is 22.3. The summed E-state index contributed by atoms with van der Waals surface area (Å²) in [5, 5.41) is 14.0. The molecule has 56 heavy (non-hydrogen) atoms. The van der Waals surface area contributed by atoms with E-state index in [1.807, 2.05) is 25.6 Å². The predicted octanol–water partition coefficient (Wildman–Crippen LogP) is 8.50. The van der Waals surface area contributed by atoms with Gasteiger partial charge in [0.15, 0.2) is 9.84 Å². The molecule has 13 atom stereocenters. The molecule has 2 N–H and O–H groups in total. The third-order valence-corrected chi connectivity index (χ3v) is 21.6. The second kappa shape index (κ2) is 14.8. The van der Waals surface area contributed by atoms with Crippen LogP contribution >= 0.6 is 11.8 Å². The number of nitrogens with one attached hydrogen (secondary N) is 1. The highest BCUT2D eigenvalue weighted by Crippen LogP contribution is 2.76. The van der Waals surface area contributed by atoms with Crippen LogP contribution in [0, 0.1) is 68.5 Å². The van der Waals surface area contributed by atoms with Gasteiger partial charge in [-0.2, -0.15) is 11.8 Å². The molecule has 0 aromatic heterocycles. The molecule has 318 valence electrons. The first kappa shape index (κ1) is 43.0. The van der Waals surface area contributed by atoms with E-state index < -0.39 is 27.1 Å². The maximum atomic E-state index is 13.7. The zero-order valence-electron chi connectivity index (χ0n) is 36.4. The molecule has 1 saturated heterocycles. The number of allylic oxidation sites excluding steroid dienone is 1. The van der Waals surface area contributed by atoms with Gasteiger partial charge in [0, 0.05) is 36.6 Å². The van der Waals surface area contributed by atoms with E-state index in [1.165, 1.54) is 50.5 Å². The number of carbonyl (C=O) groups is 2. The van der Waals surface area contributed by atoms with Crippen molar-refractivity contribution in [3.8, 4) is 0 Å². The number of esters is 1. The molecular formula is C46H76N2O6S2. The maximum Gasteiger partial charge on any atom is 0.309 e. The lowest BCUT2D eigenvalue weighted by Gasteiger charge is -2.73. The summed E-state index contributed by atoms with van der Waals surface area (Å²) in [4.78, 5) is 27.9. The van der Waals surface area contributed by atoms with Crippen molar-refractivity contribution in [2.45, 2.75) is 150 Å². The summed E-state index contributed by atoms with van der Waals surface area (Å²) in [6, 6.07) is 0.355. The summed E-state index contributed by atoms with van der Waals surface area (Å²) in [6.45, 7) is 25.7. The van der Waals surface area contributed by atoms with E-state index in [0.29, 0.717) is 55.1 Å². The van der Waals surface area contributed by atoms with Gasteiger partial charge < -0.3 is 15.2 Å². The van der Waals surface area contributed by atoms with Crippen LogP contribution < -0.4 is 5.32 Å². The molecule has 6 aliphatic carbocycles. The van der Waals surface area contributed by atoms with E-state index in [4.69, 9.17) is 4.74 Å². The van der Waals surface area contributed by atoms with Gasteiger partial charge in [-0.25, -0.2) is 8.42 Å². The fourth-order valence-corrected chi connectivity index (χ4v) is 17.4. The molecule has 7 aliphatic rings. The molecule has 1 aliphatic heterocycles. The third-order valence-electron chi connectivity index (χ3n) is 19.4. The monoisotopic (exact) mass is 817 g/mol. The van der Waals surface area contributed by atoms with Gasteiger partial charge in [-0.1, -0.05) is 60.6 Å². The fraction of sp³-hybridized carbons (Fsp3) is 0.913. The number of sulfone groups is 1. The Balaban J connectivity index is 1.10. The summed E-state index contributed by atoms with van der Waals surface area (Å²) in [5.41, 5.74) is 1.32. The maximum absolute atomic E-state index is 13.7. The molecule has 7 fully saturated rings. The summed E-state index contributed by atoms with van der Waals surface area (Å²) in [6.07, 6.45) is 15.2. The van der Waals surface area contributed by atoms with Crippen LogP contribution in [0.3, 0.4) is 0 Å². The number of rotatable bonds is 11. The highest BCUT2D eigenvalue weighted by molar-refractivity contribution is 7.98. The van der Waals surface area contributed by atoms with Crippen LogP contribution in [-0.4, -0.2) is 91.2 Å². The molecule has 10 heteroatoms. The van der Waals surface area contributed by atoms with Crippen molar-refractivity contribution in [2.75, 3.05) is 43.1 Å². The van der Waals surface area contributed by atoms with E-state index in [-0.39, 0.29) is 56.7 Å². The average molecular weight is 817 g/mol. The Morgan fingerprint density at radius 1 is 0.875 bits per heavy atom. The Kier molecular flexibility index (Phi) is 11.4. The molecule has 0 amide bonds. The summed E-state index contributed by atoms with van der Waals surface area (Å²) in [7, 11) is -2.92. The molecule has 0 spiro atoms. The Morgan fingerprint density at radius 3 is 2.20 bits per heavy atom. The van der Waals surface area contributed by atoms with E-state index in [0.717, 1.165) is 38.0 Å². The van der Waals surface area contributed by atoms with Crippen LogP contribution in [0.2, 0.25) is 0 Å². The SMILES string of the molecule is C=C(C)[C@@H]1CC[C@]2(NCC(CCSC)N3CCS(=O)(=O)CC3)CC[C@]3(C)[C@H](CC[C@@H]4[C@@]5(C)CC[C@H](OC(=O)[C@@H]6C[C@H](C(=O)O)C6(C)C)C(C)(C)[C@@H]5CC[C@]43C)[C@@H]12. The van der Waals surface area contributed by atoms with Crippen molar-refractivity contribution < 1.29 is 27.9 Å². The summed E-state index contributed by atoms with van der Waals surface area (Å²) in [5.74, 6) is 2.61. The van der Waals surface area contributed by atoms with Crippen molar-refractivity contribution in [1.29, 1.82) is 0 Å². The smallest absolute Gasteiger partial charge is 0.309 e. The van der Waals surface area contributed by atoms with Gasteiger partial charge >= 0.3 is 11.9 Å². The number of aliphatic carboxylic acids is 1. The van der Waals surface area contributed by atoms with Gasteiger partial charge in [-0.15, -0.1) is 0 Å². The summed E-state index contributed by atoms with van der Waals surface area (Å²) >= 11 is 1.89. The van der Waals surface area contributed by atoms with Crippen LogP contribution in [-0.2, 0) is 24.2 Å². The number of carboxylic acid groups (broad SMARTS) is 1. The minimum absolute atomic E-state index is 0.0982. The van der Waals surface area contributed by atoms with Crippen LogP contribution in [0.1, 0.15) is 132 Å². The normalized spacial score (nSPS) is 45.5. The number of fused-ring (bicyclic) bond motifs is 7. The quantitative estimate of drug-likeness (QED) is 0.157. The molecule has 0 radical (unpaired) electrons. The number of hydrogen-bond acceptors (Lipinski definition) is 8. The molecular weight excluding hydrogens is 741 g/mol. The number of carboxylic acids is 1. The van der Waals surface area contributed by atoms with E-state index in [1.54, 1.807) is 0 Å². The molecule has 7 rings (SSSR count). The third kappa shape index (κ3) is 6.69. The van der Waals surface area contributed by atoms with Gasteiger partial charge in [-0.3, -0.25) is 14.5 Å². The van der Waals surface area contributed by atoms with Crippen LogP contribution in [0.5, 0.6) is 0 Å². The van der Waals surface area contributed by atoms with Gasteiger partial charge in [0.05, 0.1) is 23.3 Å². The van der Waals surface area contributed by atoms with Crippen molar-refractivity contribution in [1.82, 2.24) is 10.2 Å². The molecule has 6 saturated carbocycles. The van der Waals surface area contributed by atoms with Crippen LogP contribution in [0.25, 0.3) is 0 Å². The molecule has 8 nitrogen and oxygen atoms in total. The average Bonchev–Trinajstić information content (AvgIpc) is 3.50. The van der Waals surface area contributed by atoms with E-state index in [9.17, 15) is 23.1 Å². The minimum Gasteiger partial charge on any atom is -0.481 e. The Hall–Kier alpha value is -1.10. The highest BCUT2D eigenvalue weighted by atomic mass is 32.2. The van der Waals surface area contributed by atoms with Crippen molar-refractivity contribution >= 4 is 33.5 Å². The van der Waals surface area contributed by atoms with E-state index >= 15 is 0 Å². The number of hydrogen-bond donors (Lipinski definition) is 2. The topological polar surface area (TPSA) is 113 Å². The second-order valence-electron chi connectivity index (χ2n) is 22.1. The van der Waals surface area contributed by atoms with Crippen LogP contribution in [0.15, 0.2) is 12.2 Å². The number of thioether (sulfide) groups is 1. The predicted molar refractivity (Wildman–Crippen MR) is 227 cm³/mol. The molecule has 0 aromatic carbocycles. The van der Waals surface area contributed by atoms with Crippen LogP contribution in [0.4, 0.5) is 0 Å². The molecule has 1 unspecified atom stereocenters. The van der Waals surface area contributed by atoms with E-state index in [2.05, 4.69) is 64.6 Å². The first-order valence-corrected chi connectivity index (χ1v) is 25.6. The molecule has 1 heterocycles. The second-order valence-corrected chi connectivity index (χ2v) is 25.4. The lowest BCUT2D eigenvalue weighted by molar-refractivity contribution is -0.248. The largest absolute Gasteiger partial charge is 0.481 e. The van der Waals surface area contributed by atoms with Gasteiger partial charge in [-0.05, 0) is 147 Å². The zero-order valence-corrected chi connectivity index (χ0v) is 38.0. The summed E-state index contributed by atoms with van der Waals surface area (Å²) < 4.78 is 31.2. The number of ether oxygens (including phenoxy) is 1. The van der Waals surface area contributed by atoms with Crippen molar-refractivity contribution in [3.05, 3.63) is 12.2 Å². The minimum atomic E-state index is -2.92. The first-order chi connectivity index (χ1) is 26.1. The Bertz CT molecular complexity index is 1650. The lowest BCUT2D eigenvalue weighted by Crippen LogP contribution is -2.69. The number of carbonyl (C=O) groups excluding carboxylic acids is 1. The Labute approximate surface area is 344 Å². The standard InChI is InChI=1S/C46H76N2O6S2/c1-29(2)31-13-19-46(47-28-30(16-24-55-10)48-22-25-56(52,53)26-23-48)21-20-44(8)32(38(31)46)11-12-36-43(7)17-15-37(42(5,6)35(43)14-18-45(36,44)9)54-40(51)34-27-33(39(49)50)41(34,3)4/h30-38,47H,1,11-28H2,2-10H3,(H,49,50)/t30?,31-,32+,33+,34-,35-,36+,37-,38+,43-,44+,45+,46-/m0/s1. The fourth-order valence-electron chi connectivity index (χ4n) is 15.7. The molecule has 0 bridgehead atoms. The number of nitrogens with zero attached hydrogens (tertiary/aromatic N) is 1. The van der Waals surface area contributed by atoms with Gasteiger partial charge in [0.1, 0.15) is 6.10 Å². The highest BCUT2D eigenvalue weighted by Gasteiger charge is 2.71. The Morgan fingerprint density at radius 2 is 1.57 bits per heavy atom. The lowest BCUT2D eigenvalue weighted by atomic mass is 9.32. The zero-order chi connectivity index (χ0) is 40.9.